The van der Waals surface area contributed by atoms with Crippen LogP contribution in [-0.4, -0.2) is 35.7 Å². The van der Waals surface area contributed by atoms with Gasteiger partial charge >= 0.3 is 5.97 Å². The van der Waals surface area contributed by atoms with Crippen LogP contribution in [0.2, 0.25) is 0 Å². The maximum absolute atomic E-state index is 13.1. The molecule has 0 aliphatic carbocycles. The van der Waals surface area contributed by atoms with Gasteiger partial charge in [0, 0.05) is 35.7 Å². The molecule has 1 aromatic heterocycles. The second-order valence-electron chi connectivity index (χ2n) is 10.4. The first-order valence-corrected chi connectivity index (χ1v) is 10.8. The van der Waals surface area contributed by atoms with Crippen molar-refractivity contribution in [3.63, 3.8) is 0 Å². The van der Waals surface area contributed by atoms with Gasteiger partial charge in [0.1, 0.15) is 0 Å². The Bertz CT molecular complexity index is 737. The van der Waals surface area contributed by atoms with E-state index in [1.165, 1.54) is 0 Å². The fraction of sp³-hybridized carbons (Fsp3) is 0.750. The third kappa shape index (κ3) is 5.94. The SMILES string of the molecule is Cc1nc(C)c(C(OC(C)(C)C)C(=O)OC(C)C)c(N2CCC(C)(C)CC2)c1C. The molecule has 0 bridgehead atoms. The lowest BCUT2D eigenvalue weighted by molar-refractivity contribution is -0.171. The number of pyridine rings is 1. The normalized spacial score (nSPS) is 18.1. The van der Waals surface area contributed by atoms with Crippen molar-refractivity contribution in [3.05, 3.63) is 22.5 Å². The molecule has 2 rings (SSSR count). The molecule has 1 saturated heterocycles. The van der Waals surface area contributed by atoms with Gasteiger partial charge in [0.15, 0.2) is 6.10 Å². The summed E-state index contributed by atoms with van der Waals surface area (Å²) in [6, 6.07) is 0. The summed E-state index contributed by atoms with van der Waals surface area (Å²) >= 11 is 0. The van der Waals surface area contributed by atoms with Gasteiger partial charge in [0.25, 0.3) is 0 Å². The van der Waals surface area contributed by atoms with E-state index in [0.29, 0.717) is 5.41 Å². The van der Waals surface area contributed by atoms with E-state index < -0.39 is 11.7 Å². The van der Waals surface area contributed by atoms with Crippen LogP contribution in [0.3, 0.4) is 0 Å². The molecular formula is C24H40N2O3. The summed E-state index contributed by atoms with van der Waals surface area (Å²) in [5.41, 5.74) is 4.76. The number of esters is 1. The first-order valence-electron chi connectivity index (χ1n) is 10.8. The summed E-state index contributed by atoms with van der Waals surface area (Å²) in [5, 5.41) is 0. The maximum atomic E-state index is 13.1. The molecule has 5 nitrogen and oxygen atoms in total. The fourth-order valence-electron chi connectivity index (χ4n) is 3.87. The third-order valence-electron chi connectivity index (χ3n) is 5.61. The van der Waals surface area contributed by atoms with E-state index in [4.69, 9.17) is 14.5 Å². The maximum Gasteiger partial charge on any atom is 0.340 e. The second-order valence-corrected chi connectivity index (χ2v) is 10.4. The number of rotatable bonds is 5. The van der Waals surface area contributed by atoms with Crippen LogP contribution < -0.4 is 4.90 Å². The Kier molecular flexibility index (Phi) is 7.04. The van der Waals surface area contributed by atoms with Crippen molar-refractivity contribution in [2.24, 2.45) is 5.41 Å². The van der Waals surface area contributed by atoms with E-state index in [1.54, 1.807) is 0 Å². The minimum absolute atomic E-state index is 0.201. The van der Waals surface area contributed by atoms with Crippen LogP contribution >= 0.6 is 0 Å². The first kappa shape index (κ1) is 23.7. The summed E-state index contributed by atoms with van der Waals surface area (Å²) in [6.45, 7) is 22.3. The van der Waals surface area contributed by atoms with Gasteiger partial charge in [-0.3, -0.25) is 4.98 Å². The highest BCUT2D eigenvalue weighted by Gasteiger charge is 2.36. The Labute approximate surface area is 177 Å². The quantitative estimate of drug-likeness (QED) is 0.612. The van der Waals surface area contributed by atoms with Crippen molar-refractivity contribution in [3.8, 4) is 0 Å². The summed E-state index contributed by atoms with van der Waals surface area (Å²) in [4.78, 5) is 20.3. The number of nitrogens with zero attached hydrogens (tertiary/aromatic N) is 2. The summed E-state index contributed by atoms with van der Waals surface area (Å²) in [6.07, 6.45) is 1.24. The zero-order valence-corrected chi connectivity index (χ0v) is 20.1. The van der Waals surface area contributed by atoms with Gasteiger partial charge in [0.2, 0.25) is 0 Å². The van der Waals surface area contributed by atoms with E-state index in [2.05, 4.69) is 25.7 Å². The van der Waals surface area contributed by atoms with E-state index in [9.17, 15) is 4.79 Å². The van der Waals surface area contributed by atoms with Crippen molar-refractivity contribution >= 4 is 11.7 Å². The van der Waals surface area contributed by atoms with Gasteiger partial charge in [-0.15, -0.1) is 0 Å². The predicted octanol–water partition coefficient (Wildman–Crippen LogP) is 5.44. The Morgan fingerprint density at radius 2 is 1.62 bits per heavy atom. The molecule has 1 unspecified atom stereocenters. The second kappa shape index (κ2) is 8.63. The number of aromatic nitrogens is 1. The molecular weight excluding hydrogens is 364 g/mol. The molecule has 5 heteroatoms. The van der Waals surface area contributed by atoms with Gasteiger partial charge in [-0.1, -0.05) is 13.8 Å². The number of hydrogen-bond acceptors (Lipinski definition) is 5. The van der Waals surface area contributed by atoms with Crippen molar-refractivity contribution in [2.45, 2.75) is 99.9 Å². The highest BCUT2D eigenvalue weighted by atomic mass is 16.6. The number of aryl methyl sites for hydroxylation is 2. The number of anilines is 1. The van der Waals surface area contributed by atoms with Crippen LogP contribution in [0, 0.1) is 26.2 Å². The zero-order chi connectivity index (χ0) is 22.1. The van der Waals surface area contributed by atoms with Crippen molar-refractivity contribution in [2.75, 3.05) is 18.0 Å². The lowest BCUT2D eigenvalue weighted by Gasteiger charge is -2.41. The molecule has 0 N–H and O–H groups in total. The Balaban J connectivity index is 2.60. The van der Waals surface area contributed by atoms with E-state index in [-0.39, 0.29) is 12.1 Å². The summed E-state index contributed by atoms with van der Waals surface area (Å²) in [5.74, 6) is -0.346. The van der Waals surface area contributed by atoms with Gasteiger partial charge in [0.05, 0.1) is 11.7 Å². The van der Waals surface area contributed by atoms with Gasteiger partial charge < -0.3 is 14.4 Å². The zero-order valence-electron chi connectivity index (χ0n) is 20.1. The monoisotopic (exact) mass is 404 g/mol. The van der Waals surface area contributed by atoms with E-state index >= 15 is 0 Å². The first-order chi connectivity index (χ1) is 13.2. The van der Waals surface area contributed by atoms with Crippen LogP contribution in [0.5, 0.6) is 0 Å². The predicted molar refractivity (Wildman–Crippen MR) is 118 cm³/mol. The molecule has 164 valence electrons. The third-order valence-corrected chi connectivity index (χ3v) is 5.61. The Morgan fingerprint density at radius 1 is 1.07 bits per heavy atom. The molecule has 1 aliphatic heterocycles. The smallest absolute Gasteiger partial charge is 0.340 e. The minimum atomic E-state index is -0.797. The molecule has 0 saturated carbocycles. The highest BCUT2D eigenvalue weighted by molar-refractivity contribution is 5.81. The largest absolute Gasteiger partial charge is 0.461 e. The fourth-order valence-corrected chi connectivity index (χ4v) is 3.87. The standard InChI is InChI=1S/C24H40N2O3/c1-15(2)28-22(27)21(29-23(6,7)8)19-18(5)25-17(4)16(3)20(19)26-13-11-24(9,10)12-14-26/h15,21H,11-14H2,1-10H3. The van der Waals surface area contributed by atoms with Crippen LogP contribution in [-0.2, 0) is 14.3 Å². The molecule has 1 aromatic rings. The van der Waals surface area contributed by atoms with Gasteiger partial charge in [-0.25, -0.2) is 4.79 Å². The van der Waals surface area contributed by atoms with Crippen molar-refractivity contribution in [1.82, 2.24) is 4.98 Å². The average molecular weight is 405 g/mol. The van der Waals surface area contributed by atoms with E-state index in [1.807, 2.05) is 48.5 Å². The molecule has 1 aliphatic rings. The van der Waals surface area contributed by atoms with Gasteiger partial charge in [-0.05, 0) is 79.2 Å². The summed E-state index contributed by atoms with van der Waals surface area (Å²) < 4.78 is 11.9. The molecule has 0 radical (unpaired) electrons. The molecule has 2 heterocycles. The number of carbonyl (C=O) groups excluding carboxylic acids is 1. The number of carbonyl (C=O) groups is 1. The van der Waals surface area contributed by atoms with Crippen LogP contribution in [0.15, 0.2) is 0 Å². The van der Waals surface area contributed by atoms with Gasteiger partial charge in [-0.2, -0.15) is 0 Å². The number of hydrogen-bond donors (Lipinski definition) is 0. The molecule has 1 fully saturated rings. The average Bonchev–Trinajstić information content (AvgIpc) is 2.55. The number of ether oxygens (including phenoxy) is 2. The molecule has 29 heavy (non-hydrogen) atoms. The molecule has 1 atom stereocenters. The topological polar surface area (TPSA) is 51.7 Å². The van der Waals surface area contributed by atoms with Crippen LogP contribution in [0.4, 0.5) is 5.69 Å². The summed E-state index contributed by atoms with van der Waals surface area (Å²) in [7, 11) is 0. The minimum Gasteiger partial charge on any atom is -0.461 e. The van der Waals surface area contributed by atoms with Crippen molar-refractivity contribution < 1.29 is 14.3 Å². The Morgan fingerprint density at radius 3 is 2.10 bits per heavy atom. The molecule has 0 spiro atoms. The Hall–Kier alpha value is -1.62. The van der Waals surface area contributed by atoms with Crippen LogP contribution in [0.25, 0.3) is 0 Å². The lowest BCUT2D eigenvalue weighted by Crippen LogP contribution is -2.39. The molecule has 0 amide bonds. The van der Waals surface area contributed by atoms with Crippen LogP contribution in [0.1, 0.15) is 89.9 Å². The number of piperidine rings is 1. The van der Waals surface area contributed by atoms with E-state index in [0.717, 1.165) is 54.1 Å². The molecule has 0 aromatic carbocycles. The lowest BCUT2D eigenvalue weighted by atomic mass is 9.82. The highest BCUT2D eigenvalue weighted by Crippen LogP contribution is 2.41. The van der Waals surface area contributed by atoms with Crippen molar-refractivity contribution in [1.29, 1.82) is 0 Å².